The summed E-state index contributed by atoms with van der Waals surface area (Å²) in [6, 6.07) is 12.5. The fourth-order valence-corrected chi connectivity index (χ4v) is 6.80. The van der Waals surface area contributed by atoms with Gasteiger partial charge in [-0.05, 0) is 67.0 Å². The molecule has 1 aliphatic heterocycles. The van der Waals surface area contributed by atoms with Gasteiger partial charge in [0.05, 0.1) is 11.5 Å². The van der Waals surface area contributed by atoms with E-state index in [0.29, 0.717) is 25.1 Å². The molecule has 2 aliphatic rings. The standard InChI is InChI=1S/C24H29N3O6S/c1-2-14-33-24(29)25-19-10-6-16(7-11-19)17-8-12-20(13-9-17)34(31,32)27-21-5-3-4-18(21)15-22(27)23(28)26-30/h6-13,18,21-22,30H,2-5,14-15H2,1H3,(H,25,29)(H,26,28)/t18-,21-,22?/m1/s1. The van der Waals surface area contributed by atoms with Crippen molar-refractivity contribution in [3.05, 3.63) is 48.5 Å². The molecule has 0 radical (unpaired) electrons. The Morgan fingerprint density at radius 1 is 1.06 bits per heavy atom. The summed E-state index contributed by atoms with van der Waals surface area (Å²) < 4.78 is 33.3. The minimum atomic E-state index is -3.92. The predicted molar refractivity (Wildman–Crippen MR) is 126 cm³/mol. The molecular formula is C24H29N3O6S. The molecule has 0 aromatic heterocycles. The summed E-state index contributed by atoms with van der Waals surface area (Å²) in [4.78, 5) is 24.0. The van der Waals surface area contributed by atoms with Crippen LogP contribution in [-0.2, 0) is 19.6 Å². The average molecular weight is 488 g/mol. The van der Waals surface area contributed by atoms with Gasteiger partial charge in [-0.2, -0.15) is 4.31 Å². The highest BCUT2D eigenvalue weighted by atomic mass is 32.2. The van der Waals surface area contributed by atoms with E-state index < -0.39 is 28.1 Å². The third kappa shape index (κ3) is 4.79. The maximum Gasteiger partial charge on any atom is 0.411 e. The number of amides is 2. The fourth-order valence-electron chi connectivity index (χ4n) is 4.93. The van der Waals surface area contributed by atoms with Crippen LogP contribution in [0.1, 0.15) is 39.0 Å². The Kier molecular flexibility index (Phi) is 7.20. The van der Waals surface area contributed by atoms with Crippen LogP contribution >= 0.6 is 0 Å². The van der Waals surface area contributed by atoms with Gasteiger partial charge in [0.15, 0.2) is 0 Å². The largest absolute Gasteiger partial charge is 0.449 e. The summed E-state index contributed by atoms with van der Waals surface area (Å²) in [5.74, 6) is -0.565. The number of hydrogen-bond donors (Lipinski definition) is 3. The van der Waals surface area contributed by atoms with Crippen LogP contribution in [0.4, 0.5) is 10.5 Å². The maximum atomic E-state index is 13.5. The first-order valence-corrected chi connectivity index (χ1v) is 12.9. The van der Waals surface area contributed by atoms with Crippen molar-refractivity contribution < 1.29 is 28.0 Å². The van der Waals surface area contributed by atoms with Gasteiger partial charge in [-0.1, -0.05) is 37.6 Å². The Labute approximate surface area is 199 Å². The minimum Gasteiger partial charge on any atom is -0.449 e. The summed E-state index contributed by atoms with van der Waals surface area (Å²) in [6.45, 7) is 2.27. The van der Waals surface area contributed by atoms with E-state index >= 15 is 0 Å². The van der Waals surface area contributed by atoms with Crippen LogP contribution in [0.5, 0.6) is 0 Å². The minimum absolute atomic E-state index is 0.108. The van der Waals surface area contributed by atoms with Crippen molar-refractivity contribution in [2.24, 2.45) is 5.92 Å². The Hall–Kier alpha value is -2.95. The molecule has 1 aliphatic carbocycles. The lowest BCUT2D eigenvalue weighted by Crippen LogP contribution is -2.48. The Balaban J connectivity index is 1.51. The van der Waals surface area contributed by atoms with Gasteiger partial charge in [0.2, 0.25) is 10.0 Å². The third-order valence-electron chi connectivity index (χ3n) is 6.52. The lowest BCUT2D eigenvalue weighted by atomic mass is 10.0. The number of hydrogen-bond acceptors (Lipinski definition) is 6. The van der Waals surface area contributed by atoms with Crippen molar-refractivity contribution in [3.8, 4) is 11.1 Å². The van der Waals surface area contributed by atoms with E-state index in [1.165, 1.54) is 16.4 Å². The molecule has 9 nitrogen and oxygen atoms in total. The zero-order valence-corrected chi connectivity index (χ0v) is 19.8. The first-order chi connectivity index (χ1) is 16.3. The van der Waals surface area contributed by atoms with Crippen LogP contribution in [0.2, 0.25) is 0 Å². The molecule has 1 saturated heterocycles. The Morgan fingerprint density at radius 2 is 1.71 bits per heavy atom. The van der Waals surface area contributed by atoms with Gasteiger partial charge in [-0.15, -0.1) is 0 Å². The first-order valence-electron chi connectivity index (χ1n) is 11.5. The van der Waals surface area contributed by atoms with Crippen molar-refractivity contribution in [2.75, 3.05) is 11.9 Å². The predicted octanol–water partition coefficient (Wildman–Crippen LogP) is 3.75. The molecule has 1 saturated carbocycles. The number of nitrogens with zero attached hydrogens (tertiary/aromatic N) is 1. The summed E-state index contributed by atoms with van der Waals surface area (Å²) in [5, 5.41) is 11.8. The molecule has 2 aromatic rings. The Bertz CT molecular complexity index is 1130. The lowest BCUT2D eigenvalue weighted by Gasteiger charge is -2.27. The van der Waals surface area contributed by atoms with Crippen molar-refractivity contribution in [1.29, 1.82) is 0 Å². The second-order valence-corrected chi connectivity index (χ2v) is 10.5. The SMILES string of the molecule is CCCOC(=O)Nc1ccc(-c2ccc(S(=O)(=O)N3C(C(=O)NO)C[C@H]4CCC[C@H]43)cc2)cc1. The van der Waals surface area contributed by atoms with E-state index in [1.54, 1.807) is 29.7 Å². The third-order valence-corrected chi connectivity index (χ3v) is 8.47. The number of ether oxygens (including phenoxy) is 1. The summed E-state index contributed by atoms with van der Waals surface area (Å²) >= 11 is 0. The van der Waals surface area contributed by atoms with Gasteiger partial charge in [0.1, 0.15) is 6.04 Å². The molecule has 182 valence electrons. The van der Waals surface area contributed by atoms with Crippen LogP contribution in [0.15, 0.2) is 53.4 Å². The van der Waals surface area contributed by atoms with E-state index in [2.05, 4.69) is 5.32 Å². The number of carbonyl (C=O) groups excluding carboxylic acids is 2. The molecule has 1 unspecified atom stereocenters. The second kappa shape index (κ2) is 10.1. The second-order valence-electron chi connectivity index (χ2n) is 8.68. The summed E-state index contributed by atoms with van der Waals surface area (Å²) in [7, 11) is -3.92. The van der Waals surface area contributed by atoms with Gasteiger partial charge in [-0.3, -0.25) is 15.3 Å². The smallest absolute Gasteiger partial charge is 0.411 e. The summed E-state index contributed by atoms with van der Waals surface area (Å²) in [5.41, 5.74) is 3.88. The number of hydroxylamine groups is 1. The van der Waals surface area contributed by atoms with E-state index in [0.717, 1.165) is 30.4 Å². The van der Waals surface area contributed by atoms with Crippen LogP contribution in [0.25, 0.3) is 11.1 Å². The molecule has 0 spiro atoms. The van der Waals surface area contributed by atoms with E-state index in [1.807, 2.05) is 19.1 Å². The zero-order valence-electron chi connectivity index (χ0n) is 18.9. The number of fused-ring (bicyclic) bond motifs is 1. The number of carbonyl (C=O) groups is 2. The highest BCUT2D eigenvalue weighted by molar-refractivity contribution is 7.89. The molecule has 2 amide bonds. The van der Waals surface area contributed by atoms with Crippen LogP contribution in [0.3, 0.4) is 0 Å². The lowest BCUT2D eigenvalue weighted by molar-refractivity contribution is -0.132. The molecule has 0 bridgehead atoms. The molecule has 34 heavy (non-hydrogen) atoms. The van der Waals surface area contributed by atoms with Gasteiger partial charge in [-0.25, -0.2) is 18.7 Å². The molecule has 2 fully saturated rings. The first kappa shape index (κ1) is 24.2. The van der Waals surface area contributed by atoms with Crippen molar-refractivity contribution in [2.45, 2.75) is 56.0 Å². The number of sulfonamides is 1. The molecule has 3 atom stereocenters. The number of nitrogens with one attached hydrogen (secondary N) is 2. The molecule has 4 rings (SSSR count). The van der Waals surface area contributed by atoms with Crippen molar-refractivity contribution >= 4 is 27.7 Å². The van der Waals surface area contributed by atoms with Crippen molar-refractivity contribution in [1.82, 2.24) is 9.79 Å². The fraction of sp³-hybridized carbons (Fsp3) is 0.417. The number of anilines is 1. The van der Waals surface area contributed by atoms with E-state index in [9.17, 15) is 18.0 Å². The van der Waals surface area contributed by atoms with Crippen LogP contribution in [-0.4, -0.2) is 48.6 Å². The van der Waals surface area contributed by atoms with Gasteiger partial charge in [0, 0.05) is 11.7 Å². The summed E-state index contributed by atoms with van der Waals surface area (Å²) in [6.07, 6.45) is 3.17. The molecule has 1 heterocycles. The normalized spacial score (nSPS) is 22.2. The molecule has 10 heteroatoms. The number of benzene rings is 2. The highest BCUT2D eigenvalue weighted by Gasteiger charge is 2.52. The molecule has 3 N–H and O–H groups in total. The van der Waals surface area contributed by atoms with E-state index in [4.69, 9.17) is 9.94 Å². The molecule has 2 aromatic carbocycles. The molecular weight excluding hydrogens is 458 g/mol. The Morgan fingerprint density at radius 3 is 2.32 bits per heavy atom. The topological polar surface area (TPSA) is 125 Å². The van der Waals surface area contributed by atoms with Gasteiger partial charge >= 0.3 is 6.09 Å². The van der Waals surface area contributed by atoms with Gasteiger partial charge < -0.3 is 4.74 Å². The van der Waals surface area contributed by atoms with Crippen LogP contribution < -0.4 is 10.8 Å². The quantitative estimate of drug-likeness (QED) is 0.404. The van der Waals surface area contributed by atoms with Crippen molar-refractivity contribution in [3.63, 3.8) is 0 Å². The van der Waals surface area contributed by atoms with Crippen LogP contribution in [0, 0.1) is 5.92 Å². The van der Waals surface area contributed by atoms with Gasteiger partial charge in [0.25, 0.3) is 5.91 Å². The zero-order chi connectivity index (χ0) is 24.3. The highest BCUT2D eigenvalue weighted by Crippen LogP contribution is 2.44. The average Bonchev–Trinajstić information content (AvgIpc) is 3.44. The number of rotatable bonds is 7. The monoisotopic (exact) mass is 487 g/mol. The van der Waals surface area contributed by atoms with E-state index in [-0.39, 0.29) is 16.9 Å². The maximum absolute atomic E-state index is 13.5.